The van der Waals surface area contributed by atoms with Gasteiger partial charge in [0.2, 0.25) is 0 Å². The van der Waals surface area contributed by atoms with Crippen LogP contribution in [0.1, 0.15) is 32.5 Å². The van der Waals surface area contributed by atoms with Crippen molar-refractivity contribution in [2.45, 2.75) is 6.92 Å². The number of phenols is 1. The van der Waals surface area contributed by atoms with Gasteiger partial charge >= 0.3 is 5.97 Å². The Morgan fingerprint density at radius 2 is 2.09 bits per heavy atom. The quantitative estimate of drug-likeness (QED) is 0.441. The Labute approximate surface area is 136 Å². The van der Waals surface area contributed by atoms with E-state index in [-0.39, 0.29) is 11.3 Å². The summed E-state index contributed by atoms with van der Waals surface area (Å²) in [4.78, 5) is 23.2. The van der Waals surface area contributed by atoms with Gasteiger partial charge in [0.25, 0.3) is 5.91 Å². The number of nitrogens with two attached hydrogens (primary N) is 1. The zero-order valence-corrected chi connectivity index (χ0v) is 13.3. The molecule has 4 N–H and O–H groups in total. The van der Waals surface area contributed by atoms with Crippen LogP contribution in [0.3, 0.4) is 0 Å². The molecule has 0 saturated heterocycles. The van der Waals surface area contributed by atoms with Crippen LogP contribution in [-0.2, 0) is 4.74 Å². The number of nitrogens with one attached hydrogen (secondary N) is 1. The number of esters is 1. The molecule has 1 heterocycles. The van der Waals surface area contributed by atoms with E-state index in [1.807, 2.05) is 0 Å². The van der Waals surface area contributed by atoms with Crippen LogP contribution in [0.25, 0.3) is 0 Å². The predicted octanol–water partition coefficient (Wildman–Crippen LogP) is 2.18. The number of carbonyl (C=O) groups excluding carboxylic acids is 2. The highest BCUT2D eigenvalue weighted by Crippen LogP contribution is 2.23. The third-order valence-corrected chi connectivity index (χ3v) is 3.95. The number of anilines is 1. The summed E-state index contributed by atoms with van der Waals surface area (Å²) in [5.74, 6) is -1.36. The fraction of sp³-hybridized carbons (Fsp3) is 0.133. The van der Waals surface area contributed by atoms with Crippen LogP contribution >= 0.6 is 11.3 Å². The highest BCUT2D eigenvalue weighted by atomic mass is 32.1. The highest BCUT2D eigenvalue weighted by Gasteiger charge is 2.13. The Balaban J connectivity index is 2.24. The van der Waals surface area contributed by atoms with Gasteiger partial charge in [-0.25, -0.2) is 4.79 Å². The number of rotatable bonds is 5. The van der Waals surface area contributed by atoms with E-state index < -0.39 is 11.9 Å². The lowest BCUT2D eigenvalue weighted by Crippen LogP contribution is -2.12. The SMILES string of the molecule is COC(=O)c1sccc1N/N=C(/C)c1ccc(O)c(C(N)=O)c1. The molecule has 0 atom stereocenters. The molecule has 23 heavy (non-hydrogen) atoms. The lowest BCUT2D eigenvalue weighted by atomic mass is 10.1. The third kappa shape index (κ3) is 3.67. The van der Waals surface area contributed by atoms with Crippen LogP contribution in [0.15, 0.2) is 34.7 Å². The number of hydrogen-bond acceptors (Lipinski definition) is 7. The molecule has 2 aromatic rings. The number of carbonyl (C=O) groups is 2. The molecule has 0 unspecified atom stereocenters. The molecular weight excluding hydrogens is 318 g/mol. The van der Waals surface area contributed by atoms with Crippen LogP contribution in [0.4, 0.5) is 5.69 Å². The second kappa shape index (κ2) is 6.93. The number of nitrogens with zero attached hydrogens (tertiary/aromatic N) is 1. The summed E-state index contributed by atoms with van der Waals surface area (Å²) in [6.45, 7) is 1.72. The Hall–Kier alpha value is -2.87. The maximum absolute atomic E-state index is 11.6. The van der Waals surface area contributed by atoms with Crippen molar-refractivity contribution in [1.29, 1.82) is 0 Å². The van der Waals surface area contributed by atoms with E-state index in [0.717, 1.165) is 0 Å². The molecule has 120 valence electrons. The summed E-state index contributed by atoms with van der Waals surface area (Å²) < 4.78 is 4.69. The van der Waals surface area contributed by atoms with Gasteiger partial charge in [-0.3, -0.25) is 10.2 Å². The lowest BCUT2D eigenvalue weighted by Gasteiger charge is -2.06. The average molecular weight is 333 g/mol. The maximum Gasteiger partial charge on any atom is 0.350 e. The first-order valence-corrected chi connectivity index (χ1v) is 7.41. The van der Waals surface area contributed by atoms with Gasteiger partial charge in [0, 0.05) is 0 Å². The van der Waals surface area contributed by atoms with Gasteiger partial charge in [-0.05, 0) is 42.1 Å². The van der Waals surface area contributed by atoms with Gasteiger partial charge in [0.1, 0.15) is 10.6 Å². The molecule has 0 aliphatic heterocycles. The van der Waals surface area contributed by atoms with Crippen molar-refractivity contribution in [2.75, 3.05) is 12.5 Å². The summed E-state index contributed by atoms with van der Waals surface area (Å²) in [6.07, 6.45) is 0. The van der Waals surface area contributed by atoms with Crippen molar-refractivity contribution in [3.8, 4) is 5.75 Å². The van der Waals surface area contributed by atoms with E-state index in [0.29, 0.717) is 21.8 Å². The molecular formula is C15H15N3O4S. The van der Waals surface area contributed by atoms with E-state index in [4.69, 9.17) is 5.73 Å². The normalized spacial score (nSPS) is 11.1. The Kier molecular flexibility index (Phi) is 4.97. The van der Waals surface area contributed by atoms with E-state index in [1.54, 1.807) is 24.4 Å². The van der Waals surface area contributed by atoms with Gasteiger partial charge in [-0.1, -0.05) is 0 Å². The zero-order valence-electron chi connectivity index (χ0n) is 12.5. The van der Waals surface area contributed by atoms with Crippen LogP contribution in [0, 0.1) is 0 Å². The predicted molar refractivity (Wildman–Crippen MR) is 88.1 cm³/mol. The molecule has 0 aliphatic carbocycles. The molecule has 1 amide bonds. The zero-order chi connectivity index (χ0) is 17.0. The van der Waals surface area contributed by atoms with E-state index in [2.05, 4.69) is 15.3 Å². The van der Waals surface area contributed by atoms with E-state index >= 15 is 0 Å². The molecule has 2 rings (SSSR count). The molecule has 1 aromatic carbocycles. The number of benzene rings is 1. The van der Waals surface area contributed by atoms with E-state index in [9.17, 15) is 14.7 Å². The molecule has 0 fully saturated rings. The first kappa shape index (κ1) is 16.5. The minimum atomic E-state index is -0.726. The van der Waals surface area contributed by atoms with E-state index in [1.165, 1.54) is 30.6 Å². The second-order valence-corrected chi connectivity index (χ2v) is 5.48. The largest absolute Gasteiger partial charge is 0.507 e. The molecule has 0 spiro atoms. The smallest absolute Gasteiger partial charge is 0.350 e. The Bertz CT molecular complexity index is 783. The maximum atomic E-state index is 11.6. The minimum Gasteiger partial charge on any atom is -0.507 e. The van der Waals surface area contributed by atoms with Crippen LogP contribution in [0.5, 0.6) is 5.75 Å². The molecule has 0 bridgehead atoms. The molecule has 0 radical (unpaired) electrons. The number of ether oxygens (including phenoxy) is 1. The van der Waals surface area contributed by atoms with Crippen molar-refractivity contribution >= 4 is 34.6 Å². The first-order chi connectivity index (χ1) is 10.9. The fourth-order valence-electron chi connectivity index (χ4n) is 1.82. The number of thiophene rings is 1. The Morgan fingerprint density at radius 1 is 1.35 bits per heavy atom. The van der Waals surface area contributed by atoms with Gasteiger partial charge in [0.15, 0.2) is 0 Å². The molecule has 1 aromatic heterocycles. The van der Waals surface area contributed by atoms with Gasteiger partial charge in [0.05, 0.1) is 24.1 Å². The summed E-state index contributed by atoms with van der Waals surface area (Å²) in [7, 11) is 1.31. The minimum absolute atomic E-state index is 0.0165. The standard InChI is InChI=1S/C15H15N3O4S/c1-8(9-3-4-12(19)10(7-9)14(16)20)17-18-11-5-6-23-13(11)15(21)22-2/h3-7,18-19H,1-2H3,(H2,16,20)/b17-8-. The van der Waals surface area contributed by atoms with Crippen molar-refractivity contribution in [3.05, 3.63) is 45.6 Å². The third-order valence-electron chi connectivity index (χ3n) is 3.06. The second-order valence-electron chi connectivity index (χ2n) is 4.56. The Morgan fingerprint density at radius 3 is 2.74 bits per heavy atom. The van der Waals surface area contributed by atoms with Crippen LogP contribution in [-0.4, -0.2) is 29.8 Å². The summed E-state index contributed by atoms with van der Waals surface area (Å²) >= 11 is 1.24. The van der Waals surface area contributed by atoms with Crippen LogP contribution < -0.4 is 11.2 Å². The topological polar surface area (TPSA) is 114 Å². The van der Waals surface area contributed by atoms with Gasteiger partial charge in [-0.2, -0.15) is 5.10 Å². The van der Waals surface area contributed by atoms with Crippen LogP contribution in [0.2, 0.25) is 0 Å². The van der Waals surface area contributed by atoms with Crippen molar-refractivity contribution < 1.29 is 19.4 Å². The fourth-order valence-corrected chi connectivity index (χ4v) is 2.58. The monoisotopic (exact) mass is 333 g/mol. The van der Waals surface area contributed by atoms with Crippen molar-refractivity contribution in [3.63, 3.8) is 0 Å². The number of aromatic hydroxyl groups is 1. The van der Waals surface area contributed by atoms with Crippen molar-refractivity contribution in [1.82, 2.24) is 0 Å². The molecule has 7 nitrogen and oxygen atoms in total. The molecule has 0 aliphatic rings. The number of hydrogen-bond donors (Lipinski definition) is 3. The summed E-state index contributed by atoms with van der Waals surface area (Å²) in [5, 5.41) is 15.5. The average Bonchev–Trinajstić information content (AvgIpc) is 3.00. The van der Waals surface area contributed by atoms with Gasteiger partial charge < -0.3 is 15.6 Å². The number of methoxy groups -OCH3 is 1. The first-order valence-electron chi connectivity index (χ1n) is 6.53. The lowest BCUT2D eigenvalue weighted by molar-refractivity contribution is 0.0607. The highest BCUT2D eigenvalue weighted by molar-refractivity contribution is 7.12. The number of amides is 1. The van der Waals surface area contributed by atoms with Gasteiger partial charge in [-0.15, -0.1) is 11.3 Å². The molecule has 8 heteroatoms. The number of primary amides is 1. The molecule has 0 saturated carbocycles. The van der Waals surface area contributed by atoms with Crippen molar-refractivity contribution in [2.24, 2.45) is 10.8 Å². The summed E-state index contributed by atoms with van der Waals surface area (Å²) in [6, 6.07) is 6.14. The summed E-state index contributed by atoms with van der Waals surface area (Å²) in [5.41, 5.74) is 9.69. The number of hydrazone groups is 1.